The molecule has 18 heavy (non-hydrogen) atoms. The first-order valence-electron chi connectivity index (χ1n) is 6.24. The Morgan fingerprint density at radius 3 is 2.56 bits per heavy atom. The zero-order chi connectivity index (χ0) is 12.8. The Morgan fingerprint density at radius 1 is 1.17 bits per heavy atom. The Kier molecular flexibility index (Phi) is 4.42. The molecule has 0 radical (unpaired) electrons. The van der Waals surface area contributed by atoms with E-state index in [4.69, 9.17) is 9.15 Å². The Labute approximate surface area is 107 Å². The van der Waals surface area contributed by atoms with Crippen molar-refractivity contribution in [3.63, 3.8) is 0 Å². The van der Waals surface area contributed by atoms with Crippen LogP contribution in [0.2, 0.25) is 0 Å². The topological polar surface area (TPSA) is 42.6 Å². The van der Waals surface area contributed by atoms with Gasteiger partial charge in [-0.1, -0.05) is 25.5 Å². The third-order valence-corrected chi connectivity index (χ3v) is 2.82. The highest BCUT2D eigenvalue weighted by molar-refractivity contribution is 5.32. The van der Waals surface area contributed by atoms with Crippen LogP contribution in [0.1, 0.15) is 37.0 Å². The Morgan fingerprint density at radius 2 is 1.94 bits per heavy atom. The van der Waals surface area contributed by atoms with Crippen molar-refractivity contribution in [2.75, 3.05) is 6.61 Å². The SMILES string of the molecule is CCCCOc1ccc(C(O)c2ccoc2)cc1. The predicted molar refractivity (Wildman–Crippen MR) is 69.6 cm³/mol. The van der Waals surface area contributed by atoms with Gasteiger partial charge in [-0.3, -0.25) is 0 Å². The van der Waals surface area contributed by atoms with E-state index < -0.39 is 6.10 Å². The summed E-state index contributed by atoms with van der Waals surface area (Å²) in [4.78, 5) is 0. The maximum absolute atomic E-state index is 10.1. The number of rotatable bonds is 6. The van der Waals surface area contributed by atoms with Gasteiger partial charge in [-0.2, -0.15) is 0 Å². The van der Waals surface area contributed by atoms with Crippen molar-refractivity contribution >= 4 is 0 Å². The second-order valence-corrected chi connectivity index (χ2v) is 4.23. The van der Waals surface area contributed by atoms with E-state index in [0.717, 1.165) is 36.3 Å². The second kappa shape index (κ2) is 6.26. The van der Waals surface area contributed by atoms with Gasteiger partial charge in [0.2, 0.25) is 0 Å². The van der Waals surface area contributed by atoms with Gasteiger partial charge >= 0.3 is 0 Å². The standard InChI is InChI=1S/C15H18O3/c1-2-3-9-18-14-6-4-12(5-7-14)15(16)13-8-10-17-11-13/h4-8,10-11,15-16H,2-3,9H2,1H3. The fourth-order valence-corrected chi connectivity index (χ4v) is 1.70. The van der Waals surface area contributed by atoms with Crippen LogP contribution < -0.4 is 4.74 Å². The van der Waals surface area contributed by atoms with Crippen LogP contribution >= 0.6 is 0 Å². The highest BCUT2D eigenvalue weighted by atomic mass is 16.5. The second-order valence-electron chi connectivity index (χ2n) is 4.23. The molecule has 3 heteroatoms. The van der Waals surface area contributed by atoms with Crippen LogP contribution in [0, 0.1) is 0 Å². The van der Waals surface area contributed by atoms with Crippen molar-refractivity contribution in [3.05, 3.63) is 54.0 Å². The van der Waals surface area contributed by atoms with E-state index in [-0.39, 0.29) is 0 Å². The van der Waals surface area contributed by atoms with Crippen molar-refractivity contribution in [1.29, 1.82) is 0 Å². The van der Waals surface area contributed by atoms with Gasteiger partial charge in [-0.05, 0) is 30.2 Å². The molecular formula is C15H18O3. The Bertz CT molecular complexity index is 445. The fraction of sp³-hybridized carbons (Fsp3) is 0.333. The lowest BCUT2D eigenvalue weighted by Crippen LogP contribution is -1.99. The lowest BCUT2D eigenvalue weighted by atomic mass is 10.0. The first-order chi connectivity index (χ1) is 8.81. The Hall–Kier alpha value is -1.74. The summed E-state index contributed by atoms with van der Waals surface area (Å²) in [7, 11) is 0. The first kappa shape index (κ1) is 12.7. The van der Waals surface area contributed by atoms with E-state index >= 15 is 0 Å². The van der Waals surface area contributed by atoms with Crippen LogP contribution in [-0.2, 0) is 0 Å². The molecule has 3 nitrogen and oxygen atoms in total. The summed E-state index contributed by atoms with van der Waals surface area (Å²) < 4.78 is 10.5. The molecular weight excluding hydrogens is 228 g/mol. The minimum Gasteiger partial charge on any atom is -0.494 e. The molecule has 2 rings (SSSR count). The predicted octanol–water partition coefficient (Wildman–Crippen LogP) is 3.54. The van der Waals surface area contributed by atoms with Crippen molar-refractivity contribution in [3.8, 4) is 5.75 Å². The minimum atomic E-state index is -0.645. The highest BCUT2D eigenvalue weighted by Gasteiger charge is 2.11. The van der Waals surface area contributed by atoms with E-state index in [9.17, 15) is 5.11 Å². The average Bonchev–Trinajstić information content (AvgIpc) is 2.93. The molecule has 96 valence electrons. The summed E-state index contributed by atoms with van der Waals surface area (Å²) in [5.41, 5.74) is 1.59. The first-order valence-corrected chi connectivity index (χ1v) is 6.24. The number of furan rings is 1. The maximum Gasteiger partial charge on any atom is 0.119 e. The number of ether oxygens (including phenoxy) is 1. The molecule has 0 aliphatic heterocycles. The molecule has 1 unspecified atom stereocenters. The molecule has 0 bridgehead atoms. The van der Waals surface area contributed by atoms with Crippen LogP contribution in [-0.4, -0.2) is 11.7 Å². The van der Waals surface area contributed by atoms with E-state index in [1.54, 1.807) is 18.6 Å². The van der Waals surface area contributed by atoms with Crippen molar-refractivity contribution in [1.82, 2.24) is 0 Å². The summed E-state index contributed by atoms with van der Waals surface area (Å²) in [5, 5.41) is 10.1. The summed E-state index contributed by atoms with van der Waals surface area (Å²) in [6.07, 6.45) is 4.64. The molecule has 1 aromatic carbocycles. The van der Waals surface area contributed by atoms with Gasteiger partial charge in [0, 0.05) is 5.56 Å². The quantitative estimate of drug-likeness (QED) is 0.793. The van der Waals surface area contributed by atoms with Crippen molar-refractivity contribution < 1.29 is 14.3 Å². The molecule has 0 fully saturated rings. The number of aliphatic hydroxyl groups is 1. The van der Waals surface area contributed by atoms with E-state index in [1.165, 1.54) is 0 Å². The lowest BCUT2D eigenvalue weighted by molar-refractivity contribution is 0.219. The van der Waals surface area contributed by atoms with E-state index in [1.807, 2.05) is 24.3 Å². The van der Waals surface area contributed by atoms with Crippen LogP contribution in [0.4, 0.5) is 0 Å². The largest absolute Gasteiger partial charge is 0.494 e. The third kappa shape index (κ3) is 3.14. The third-order valence-electron chi connectivity index (χ3n) is 2.82. The summed E-state index contributed by atoms with van der Waals surface area (Å²) in [6.45, 7) is 2.87. The van der Waals surface area contributed by atoms with Gasteiger partial charge in [-0.15, -0.1) is 0 Å². The molecule has 1 aromatic heterocycles. The molecule has 1 N–H and O–H groups in total. The van der Waals surface area contributed by atoms with Crippen molar-refractivity contribution in [2.45, 2.75) is 25.9 Å². The highest BCUT2D eigenvalue weighted by Crippen LogP contribution is 2.24. The normalized spacial score (nSPS) is 12.3. The van der Waals surface area contributed by atoms with Gasteiger partial charge < -0.3 is 14.3 Å². The minimum absolute atomic E-state index is 0.645. The van der Waals surface area contributed by atoms with E-state index in [2.05, 4.69) is 6.92 Å². The zero-order valence-corrected chi connectivity index (χ0v) is 10.5. The molecule has 1 heterocycles. The van der Waals surface area contributed by atoms with Gasteiger partial charge in [0.05, 0.1) is 19.1 Å². The molecule has 0 saturated heterocycles. The molecule has 1 atom stereocenters. The molecule has 0 aliphatic rings. The monoisotopic (exact) mass is 246 g/mol. The van der Waals surface area contributed by atoms with Gasteiger partial charge in [0.1, 0.15) is 11.9 Å². The molecule has 0 amide bonds. The number of hydrogen-bond acceptors (Lipinski definition) is 3. The number of hydrogen-bond donors (Lipinski definition) is 1. The van der Waals surface area contributed by atoms with Gasteiger partial charge in [0.15, 0.2) is 0 Å². The van der Waals surface area contributed by atoms with Crippen molar-refractivity contribution in [2.24, 2.45) is 0 Å². The van der Waals surface area contributed by atoms with E-state index in [0.29, 0.717) is 0 Å². The van der Waals surface area contributed by atoms with Crippen LogP contribution in [0.15, 0.2) is 47.3 Å². The number of aliphatic hydroxyl groups excluding tert-OH is 1. The lowest BCUT2D eigenvalue weighted by Gasteiger charge is -2.10. The van der Waals surface area contributed by atoms with Gasteiger partial charge in [-0.25, -0.2) is 0 Å². The van der Waals surface area contributed by atoms with Crippen LogP contribution in [0.3, 0.4) is 0 Å². The van der Waals surface area contributed by atoms with Gasteiger partial charge in [0.25, 0.3) is 0 Å². The summed E-state index contributed by atoms with van der Waals surface area (Å²) >= 11 is 0. The fourth-order valence-electron chi connectivity index (χ4n) is 1.70. The van der Waals surface area contributed by atoms with Crippen LogP contribution in [0.25, 0.3) is 0 Å². The summed E-state index contributed by atoms with van der Waals surface area (Å²) in [6, 6.07) is 9.27. The Balaban J connectivity index is 1.99. The maximum atomic E-state index is 10.1. The zero-order valence-electron chi connectivity index (χ0n) is 10.5. The average molecular weight is 246 g/mol. The summed E-state index contributed by atoms with van der Waals surface area (Å²) in [5.74, 6) is 0.839. The molecule has 0 spiro atoms. The van der Waals surface area contributed by atoms with Crippen LogP contribution in [0.5, 0.6) is 5.75 Å². The molecule has 0 saturated carbocycles. The number of benzene rings is 1. The molecule has 2 aromatic rings. The number of unbranched alkanes of at least 4 members (excludes halogenated alkanes) is 1. The molecule has 0 aliphatic carbocycles. The smallest absolute Gasteiger partial charge is 0.119 e.